The number of carboxylic acids is 1. The van der Waals surface area contributed by atoms with E-state index in [1.54, 1.807) is 0 Å². The molecule has 0 fully saturated rings. The Balaban J connectivity index is 4.21. The van der Waals surface area contributed by atoms with Crippen molar-refractivity contribution in [1.29, 1.82) is 0 Å². The molecule has 52 heavy (non-hydrogen) atoms. The van der Waals surface area contributed by atoms with Gasteiger partial charge in [-0.3, -0.25) is 9.59 Å². The molecule has 2 atom stereocenters. The summed E-state index contributed by atoms with van der Waals surface area (Å²) in [6.07, 6.45) is 37.1. The summed E-state index contributed by atoms with van der Waals surface area (Å²) in [6.45, 7) is 4.67. The number of likely N-dealkylation sites (N-methyl/N-ethyl adjacent to an activating group) is 1. The molecule has 306 valence electrons. The Morgan fingerprint density at radius 3 is 1.46 bits per heavy atom. The van der Waals surface area contributed by atoms with Crippen molar-refractivity contribution >= 4 is 17.9 Å². The maximum absolute atomic E-state index is 12.7. The maximum Gasteiger partial charge on any atom is 0.362 e. The van der Waals surface area contributed by atoms with Crippen LogP contribution in [0.4, 0.5) is 0 Å². The van der Waals surface area contributed by atoms with Crippen LogP contribution in [-0.2, 0) is 28.6 Å². The van der Waals surface area contributed by atoms with Crippen LogP contribution in [0.25, 0.3) is 0 Å². The van der Waals surface area contributed by atoms with E-state index in [1.165, 1.54) is 135 Å². The first-order valence-corrected chi connectivity index (χ1v) is 21.7. The van der Waals surface area contributed by atoms with Crippen molar-refractivity contribution in [3.05, 3.63) is 12.2 Å². The molecule has 0 aliphatic rings. The monoisotopic (exact) mass is 739 g/mol. The predicted molar refractivity (Wildman–Crippen MR) is 215 cm³/mol. The number of nitrogens with zero attached hydrogens (tertiary/aromatic N) is 1. The van der Waals surface area contributed by atoms with Crippen LogP contribution < -0.4 is 0 Å². The molecule has 1 N–H and O–H groups in total. The van der Waals surface area contributed by atoms with E-state index in [9.17, 15) is 19.5 Å². The Morgan fingerprint density at radius 1 is 0.558 bits per heavy atom. The lowest BCUT2D eigenvalue weighted by atomic mass is 10.0. The zero-order valence-electron chi connectivity index (χ0n) is 34.8. The lowest BCUT2D eigenvalue weighted by Gasteiger charge is -2.31. The van der Waals surface area contributed by atoms with Crippen molar-refractivity contribution in [1.82, 2.24) is 0 Å². The SMILES string of the molecule is CCCCCC/C=C/CCC(=O)OCC(COCCC(C(=O)O)[N+](C)(C)C)OC(=O)CCCCCCCCCCCCCCCCCCCCCC. The number of ether oxygens (including phenoxy) is 3. The first kappa shape index (κ1) is 50.1. The van der Waals surface area contributed by atoms with Gasteiger partial charge in [-0.2, -0.15) is 0 Å². The molecular weight excluding hydrogens is 654 g/mol. The number of aliphatic carboxylic acids is 1. The fourth-order valence-corrected chi connectivity index (χ4v) is 6.52. The summed E-state index contributed by atoms with van der Waals surface area (Å²) < 4.78 is 17.2. The standard InChI is InChI=1S/C44H83NO7/c1-6-8-10-12-14-16-17-18-19-20-21-22-23-24-25-26-27-29-31-33-35-43(47)52-40(38-50-37-36-41(44(48)49)45(3,4)5)39-51-42(46)34-32-30-28-15-13-11-9-7-2/h28,30,40-41H,6-27,29,31-39H2,1-5H3/p+1/b30-28+. The smallest absolute Gasteiger partial charge is 0.362 e. The fraction of sp³-hybridized carbons (Fsp3) is 0.886. The summed E-state index contributed by atoms with van der Waals surface area (Å²) >= 11 is 0. The average Bonchev–Trinajstić information content (AvgIpc) is 3.09. The first-order valence-electron chi connectivity index (χ1n) is 21.7. The number of hydrogen-bond acceptors (Lipinski definition) is 6. The van der Waals surface area contributed by atoms with Crippen LogP contribution in [0.2, 0.25) is 0 Å². The second-order valence-electron chi connectivity index (χ2n) is 16.0. The Labute approximate surface area is 320 Å². The van der Waals surface area contributed by atoms with Gasteiger partial charge in [-0.25, -0.2) is 4.79 Å². The van der Waals surface area contributed by atoms with E-state index in [0.29, 0.717) is 19.3 Å². The van der Waals surface area contributed by atoms with E-state index in [4.69, 9.17) is 14.2 Å². The number of rotatable bonds is 39. The van der Waals surface area contributed by atoms with E-state index >= 15 is 0 Å². The van der Waals surface area contributed by atoms with E-state index < -0.39 is 18.1 Å². The van der Waals surface area contributed by atoms with Crippen LogP contribution in [0.5, 0.6) is 0 Å². The minimum Gasteiger partial charge on any atom is -0.477 e. The molecular formula is C44H84NO7+. The highest BCUT2D eigenvalue weighted by Gasteiger charge is 2.31. The van der Waals surface area contributed by atoms with Gasteiger partial charge in [0.15, 0.2) is 12.1 Å². The molecule has 0 rings (SSSR count). The molecule has 0 aliphatic carbocycles. The van der Waals surface area contributed by atoms with Crippen molar-refractivity contribution in [2.75, 3.05) is 41.0 Å². The van der Waals surface area contributed by atoms with Crippen molar-refractivity contribution in [3.63, 3.8) is 0 Å². The summed E-state index contributed by atoms with van der Waals surface area (Å²) in [5.74, 6) is -1.52. The van der Waals surface area contributed by atoms with Gasteiger partial charge in [0.05, 0.1) is 34.4 Å². The van der Waals surface area contributed by atoms with Gasteiger partial charge in [0, 0.05) is 19.3 Å². The van der Waals surface area contributed by atoms with Gasteiger partial charge in [0.1, 0.15) is 6.61 Å². The summed E-state index contributed by atoms with van der Waals surface area (Å²) in [4.78, 5) is 36.7. The van der Waals surface area contributed by atoms with Gasteiger partial charge in [-0.1, -0.05) is 167 Å². The highest BCUT2D eigenvalue weighted by atomic mass is 16.6. The molecule has 0 spiro atoms. The molecule has 0 amide bonds. The van der Waals surface area contributed by atoms with Gasteiger partial charge in [-0.15, -0.1) is 0 Å². The van der Waals surface area contributed by atoms with Crippen LogP contribution in [0, 0.1) is 0 Å². The highest BCUT2D eigenvalue weighted by molar-refractivity contribution is 5.72. The quantitative estimate of drug-likeness (QED) is 0.0290. The lowest BCUT2D eigenvalue weighted by Crippen LogP contribution is -2.50. The second kappa shape index (κ2) is 36.1. The Bertz CT molecular complexity index is 869. The topological polar surface area (TPSA) is 99.1 Å². The van der Waals surface area contributed by atoms with E-state index in [0.717, 1.165) is 25.7 Å². The zero-order valence-corrected chi connectivity index (χ0v) is 34.8. The number of carboxylic acid groups (broad SMARTS) is 1. The molecule has 0 aliphatic heterocycles. The van der Waals surface area contributed by atoms with Crippen molar-refractivity contribution in [2.24, 2.45) is 0 Å². The summed E-state index contributed by atoms with van der Waals surface area (Å²) in [5, 5.41) is 9.59. The number of quaternary nitrogens is 1. The third kappa shape index (κ3) is 33.9. The van der Waals surface area contributed by atoms with Crippen molar-refractivity contribution in [3.8, 4) is 0 Å². The molecule has 0 bridgehead atoms. The van der Waals surface area contributed by atoms with Crippen LogP contribution in [0.1, 0.15) is 200 Å². The summed E-state index contributed by atoms with van der Waals surface area (Å²) in [7, 11) is 5.52. The maximum atomic E-state index is 12.7. The lowest BCUT2D eigenvalue weighted by molar-refractivity contribution is -0.887. The molecule has 8 nitrogen and oxygen atoms in total. The number of carbonyl (C=O) groups is 3. The minimum atomic E-state index is -0.877. The summed E-state index contributed by atoms with van der Waals surface area (Å²) in [5.41, 5.74) is 0. The van der Waals surface area contributed by atoms with E-state index in [1.807, 2.05) is 27.2 Å². The van der Waals surface area contributed by atoms with Crippen molar-refractivity contribution < 1.29 is 38.2 Å². The fourth-order valence-electron chi connectivity index (χ4n) is 6.52. The molecule has 2 unspecified atom stereocenters. The van der Waals surface area contributed by atoms with E-state index in [-0.39, 0.29) is 42.7 Å². The van der Waals surface area contributed by atoms with Gasteiger partial charge in [0.25, 0.3) is 0 Å². The van der Waals surface area contributed by atoms with Crippen LogP contribution in [0.15, 0.2) is 12.2 Å². The second-order valence-corrected chi connectivity index (χ2v) is 16.0. The highest BCUT2D eigenvalue weighted by Crippen LogP contribution is 2.16. The van der Waals surface area contributed by atoms with Crippen LogP contribution in [0.3, 0.4) is 0 Å². The van der Waals surface area contributed by atoms with Crippen molar-refractivity contribution in [2.45, 2.75) is 212 Å². The Morgan fingerprint density at radius 2 is 1.00 bits per heavy atom. The van der Waals surface area contributed by atoms with Gasteiger partial charge in [-0.05, 0) is 25.7 Å². The predicted octanol–water partition coefficient (Wildman–Crippen LogP) is 11.5. The summed E-state index contributed by atoms with van der Waals surface area (Å²) in [6, 6.07) is -0.613. The molecule has 0 saturated heterocycles. The van der Waals surface area contributed by atoms with Gasteiger partial charge >= 0.3 is 17.9 Å². The molecule has 0 radical (unpaired) electrons. The molecule has 0 aromatic rings. The number of esters is 2. The Kier molecular flexibility index (Phi) is 34.7. The van der Waals surface area contributed by atoms with Crippen LogP contribution >= 0.6 is 0 Å². The Hall–Kier alpha value is -1.93. The van der Waals surface area contributed by atoms with Crippen LogP contribution in [-0.4, -0.2) is 80.6 Å². The van der Waals surface area contributed by atoms with E-state index in [2.05, 4.69) is 19.9 Å². The number of carbonyl (C=O) groups excluding carboxylic acids is 2. The third-order valence-electron chi connectivity index (χ3n) is 9.93. The number of unbranched alkanes of at least 4 members (excludes halogenated alkanes) is 23. The number of allylic oxidation sites excluding steroid dienone is 2. The molecule has 0 heterocycles. The number of hydrogen-bond donors (Lipinski definition) is 1. The molecule has 0 saturated carbocycles. The van der Waals surface area contributed by atoms with Gasteiger partial charge in [0.2, 0.25) is 0 Å². The minimum absolute atomic E-state index is 0.0550. The molecule has 8 heteroatoms. The molecule has 0 aromatic carbocycles. The normalized spacial score (nSPS) is 13.0. The van der Waals surface area contributed by atoms with Gasteiger partial charge < -0.3 is 23.8 Å². The largest absolute Gasteiger partial charge is 0.477 e. The zero-order chi connectivity index (χ0) is 38.5. The molecule has 0 aromatic heterocycles. The average molecular weight is 739 g/mol. The first-order chi connectivity index (χ1) is 25.1. The third-order valence-corrected chi connectivity index (χ3v) is 9.93.